The van der Waals surface area contributed by atoms with Gasteiger partial charge in [-0.3, -0.25) is 5.41 Å². The maximum absolute atomic E-state index is 10.8. The Morgan fingerprint density at radius 3 is 2.70 bits per heavy atom. The van der Waals surface area contributed by atoms with Gasteiger partial charge in [0.2, 0.25) is 0 Å². The zero-order valence-corrected chi connectivity index (χ0v) is 14.0. The molecule has 0 radical (unpaired) electrons. The van der Waals surface area contributed by atoms with Gasteiger partial charge in [-0.2, -0.15) is 0 Å². The van der Waals surface area contributed by atoms with Crippen molar-refractivity contribution in [2.75, 3.05) is 18.6 Å². The molecule has 0 aliphatic rings. The molecule has 0 bridgehead atoms. The van der Waals surface area contributed by atoms with Crippen LogP contribution in [0, 0.1) is 8.98 Å². The van der Waals surface area contributed by atoms with Crippen LogP contribution in [0.3, 0.4) is 0 Å². The van der Waals surface area contributed by atoms with Crippen LogP contribution < -0.4 is 9.64 Å². The molecule has 0 aliphatic carbocycles. The number of halogens is 1. The number of carbonyl (C=O) groups is 1. The lowest BCUT2D eigenvalue weighted by Gasteiger charge is -2.30. The van der Waals surface area contributed by atoms with Crippen molar-refractivity contribution in [1.29, 1.82) is 5.41 Å². The minimum atomic E-state index is -1.16. The summed E-state index contributed by atoms with van der Waals surface area (Å²) >= 11 is 2.20. The number of aliphatic carboxylic acids is 1. The maximum atomic E-state index is 10.8. The van der Waals surface area contributed by atoms with Gasteiger partial charge in [-0.25, -0.2) is 4.79 Å². The van der Waals surface area contributed by atoms with Crippen molar-refractivity contribution in [3.8, 4) is 5.75 Å². The van der Waals surface area contributed by atoms with E-state index in [4.69, 9.17) is 15.3 Å². The van der Waals surface area contributed by atoms with Crippen molar-refractivity contribution in [3.05, 3.63) is 21.8 Å². The molecule has 1 aromatic rings. The van der Waals surface area contributed by atoms with Crippen LogP contribution in [0.5, 0.6) is 5.75 Å². The van der Waals surface area contributed by atoms with Gasteiger partial charge in [-0.15, -0.1) is 0 Å². The molecule has 0 aliphatic heterocycles. The predicted octanol–water partition coefficient (Wildman–Crippen LogP) is 3.01. The van der Waals surface area contributed by atoms with Crippen LogP contribution in [0.1, 0.15) is 20.3 Å². The number of benzene rings is 1. The average molecular weight is 390 g/mol. The topological polar surface area (TPSA) is 73.6 Å². The fraction of sp³-hybridized carbons (Fsp3) is 0.429. The van der Waals surface area contributed by atoms with Crippen molar-refractivity contribution in [1.82, 2.24) is 0 Å². The molecule has 6 heteroatoms. The second-order valence-electron chi connectivity index (χ2n) is 4.44. The number of ether oxygens (including phenoxy) is 1. The summed E-state index contributed by atoms with van der Waals surface area (Å²) in [6.07, 6.45) is 0.206. The van der Waals surface area contributed by atoms with E-state index in [0.29, 0.717) is 0 Å². The minimum absolute atomic E-state index is 0.0617. The third-order valence-corrected chi connectivity index (χ3v) is 3.99. The van der Waals surface area contributed by atoms with Gasteiger partial charge >= 0.3 is 5.97 Å². The predicted molar refractivity (Wildman–Crippen MR) is 88.2 cm³/mol. The van der Waals surface area contributed by atoms with Crippen LogP contribution in [0.2, 0.25) is 0 Å². The van der Waals surface area contributed by atoms with Crippen molar-refractivity contribution >= 4 is 40.0 Å². The summed E-state index contributed by atoms with van der Waals surface area (Å²) in [5.41, 5.74) is 0.698. The van der Waals surface area contributed by atoms with Crippen LogP contribution in [0.4, 0.5) is 5.69 Å². The highest BCUT2D eigenvalue weighted by Gasteiger charge is 2.18. The third kappa shape index (κ3) is 4.09. The van der Waals surface area contributed by atoms with Gasteiger partial charge < -0.3 is 14.7 Å². The molecule has 0 aromatic heterocycles. The molecule has 0 saturated carbocycles. The van der Waals surface area contributed by atoms with Gasteiger partial charge in [-0.1, -0.05) is 0 Å². The quantitative estimate of drug-likeness (QED) is 0.555. The highest BCUT2D eigenvalue weighted by Crippen LogP contribution is 2.28. The Hall–Kier alpha value is -1.31. The molecule has 1 aromatic carbocycles. The Labute approximate surface area is 132 Å². The fourth-order valence-electron chi connectivity index (χ4n) is 2.07. The number of hydrogen-bond acceptors (Lipinski definition) is 4. The summed E-state index contributed by atoms with van der Waals surface area (Å²) in [6, 6.07) is 5.82. The van der Waals surface area contributed by atoms with Gasteiger partial charge in [-0.05, 0) is 48.6 Å². The van der Waals surface area contributed by atoms with Crippen LogP contribution in [0.25, 0.3) is 0 Å². The largest absolute Gasteiger partial charge is 0.496 e. The SMILES string of the molecule is CCN(c1ccc(I)c(OC)c1)[C@H](C)CC(=N)C(=O)O. The maximum Gasteiger partial charge on any atom is 0.349 e. The second kappa shape index (κ2) is 7.47. The summed E-state index contributed by atoms with van der Waals surface area (Å²) in [5.74, 6) is -0.366. The van der Waals surface area contributed by atoms with Crippen LogP contribution in [0.15, 0.2) is 18.2 Å². The number of rotatable bonds is 7. The number of nitrogens with one attached hydrogen (secondary N) is 1. The smallest absolute Gasteiger partial charge is 0.349 e. The van der Waals surface area contributed by atoms with Gasteiger partial charge in [0.15, 0.2) is 0 Å². The zero-order chi connectivity index (χ0) is 15.3. The first-order valence-corrected chi connectivity index (χ1v) is 7.39. The number of nitrogens with zero attached hydrogens (tertiary/aromatic N) is 1. The normalized spacial score (nSPS) is 11.8. The highest BCUT2D eigenvalue weighted by molar-refractivity contribution is 14.1. The number of carboxylic acid groups (broad SMARTS) is 1. The molecule has 20 heavy (non-hydrogen) atoms. The van der Waals surface area contributed by atoms with E-state index in [9.17, 15) is 4.79 Å². The van der Waals surface area contributed by atoms with E-state index in [1.54, 1.807) is 7.11 Å². The molecule has 0 fully saturated rings. The van der Waals surface area contributed by atoms with E-state index < -0.39 is 5.97 Å². The molecule has 5 nitrogen and oxygen atoms in total. The summed E-state index contributed by atoms with van der Waals surface area (Å²) in [6.45, 7) is 4.66. The third-order valence-electron chi connectivity index (χ3n) is 3.10. The summed E-state index contributed by atoms with van der Waals surface area (Å²) < 4.78 is 6.33. The molecule has 110 valence electrons. The summed E-state index contributed by atoms with van der Waals surface area (Å²) in [4.78, 5) is 12.8. The molecule has 0 spiro atoms. The molecule has 0 heterocycles. The van der Waals surface area contributed by atoms with Gasteiger partial charge in [0.1, 0.15) is 11.5 Å². The lowest BCUT2D eigenvalue weighted by Crippen LogP contribution is -2.35. The van der Waals surface area contributed by atoms with Crippen LogP contribution in [-0.2, 0) is 4.79 Å². The standard InChI is InChI=1S/C14H19IN2O3/c1-4-17(9(2)7-12(16)14(18)19)10-5-6-11(15)13(8-10)20-3/h5-6,8-9,16H,4,7H2,1-3H3,(H,18,19)/t9-/m1/s1. The van der Waals surface area contributed by atoms with E-state index >= 15 is 0 Å². The van der Waals surface area contributed by atoms with Crippen molar-refractivity contribution in [3.63, 3.8) is 0 Å². The van der Waals surface area contributed by atoms with Gasteiger partial charge in [0.25, 0.3) is 0 Å². The Morgan fingerprint density at radius 1 is 1.55 bits per heavy atom. The van der Waals surface area contributed by atoms with Gasteiger partial charge in [0.05, 0.1) is 10.7 Å². The number of anilines is 1. The average Bonchev–Trinajstić information content (AvgIpc) is 2.41. The Morgan fingerprint density at radius 2 is 2.20 bits per heavy atom. The van der Waals surface area contributed by atoms with Crippen LogP contribution in [-0.4, -0.2) is 36.5 Å². The number of carboxylic acids is 1. The summed E-state index contributed by atoms with van der Waals surface area (Å²) in [5, 5.41) is 16.3. The highest BCUT2D eigenvalue weighted by atomic mass is 127. The van der Waals surface area contributed by atoms with E-state index in [0.717, 1.165) is 21.6 Å². The first-order chi connectivity index (χ1) is 9.40. The lowest BCUT2D eigenvalue weighted by molar-refractivity contribution is -0.129. The van der Waals surface area contributed by atoms with Crippen molar-refractivity contribution in [2.24, 2.45) is 0 Å². The van der Waals surface area contributed by atoms with Crippen molar-refractivity contribution in [2.45, 2.75) is 26.3 Å². The van der Waals surface area contributed by atoms with E-state index in [1.807, 2.05) is 32.0 Å². The zero-order valence-electron chi connectivity index (χ0n) is 11.8. The number of methoxy groups -OCH3 is 1. The van der Waals surface area contributed by atoms with E-state index in [-0.39, 0.29) is 18.2 Å². The monoisotopic (exact) mass is 390 g/mol. The van der Waals surface area contributed by atoms with Crippen LogP contribution >= 0.6 is 22.6 Å². The minimum Gasteiger partial charge on any atom is -0.496 e. The first kappa shape index (κ1) is 16.7. The molecule has 1 atom stereocenters. The lowest BCUT2D eigenvalue weighted by atomic mass is 10.1. The second-order valence-corrected chi connectivity index (χ2v) is 5.60. The molecule has 0 saturated heterocycles. The molecular weight excluding hydrogens is 371 g/mol. The molecular formula is C14H19IN2O3. The molecule has 2 N–H and O–H groups in total. The molecule has 0 unspecified atom stereocenters. The Kier molecular flexibility index (Phi) is 6.25. The summed E-state index contributed by atoms with van der Waals surface area (Å²) in [7, 11) is 1.63. The molecule has 1 rings (SSSR count). The van der Waals surface area contributed by atoms with Gasteiger partial charge in [0, 0.05) is 30.8 Å². The Bertz CT molecular complexity index is 505. The number of hydrogen-bond donors (Lipinski definition) is 2. The van der Waals surface area contributed by atoms with E-state index in [1.165, 1.54) is 0 Å². The molecule has 0 amide bonds. The fourth-order valence-corrected chi connectivity index (χ4v) is 2.62. The first-order valence-electron chi connectivity index (χ1n) is 6.31. The Balaban J connectivity index is 2.95. The van der Waals surface area contributed by atoms with Crippen molar-refractivity contribution < 1.29 is 14.6 Å². The van der Waals surface area contributed by atoms with E-state index in [2.05, 4.69) is 27.5 Å².